The van der Waals surface area contributed by atoms with Gasteiger partial charge in [0, 0.05) is 31.5 Å². The Morgan fingerprint density at radius 3 is 2.52 bits per heavy atom. The second kappa shape index (κ2) is 6.91. The van der Waals surface area contributed by atoms with E-state index in [2.05, 4.69) is 24.5 Å². The van der Waals surface area contributed by atoms with E-state index in [4.69, 9.17) is 10.5 Å². The Morgan fingerprint density at radius 2 is 1.95 bits per heavy atom. The number of primary amides is 1. The average Bonchev–Trinajstić information content (AvgIpc) is 2.46. The quantitative estimate of drug-likeness (QED) is 0.780. The molecule has 2 rings (SSSR count). The third-order valence-electron chi connectivity index (χ3n) is 4.21. The Bertz CT molecular complexity index is 467. The third-order valence-corrected chi connectivity index (χ3v) is 4.21. The second-order valence-corrected chi connectivity index (χ2v) is 6.14. The fraction of sp³-hybridized carbons (Fsp3) is 0.562. The molecule has 1 aliphatic heterocycles. The minimum absolute atomic E-state index is 0.271. The van der Waals surface area contributed by atoms with Gasteiger partial charge in [-0.1, -0.05) is 19.1 Å². The summed E-state index contributed by atoms with van der Waals surface area (Å²) in [4.78, 5) is 10.8. The molecular weight excluding hydrogens is 266 g/mol. The SMILES string of the molecule is CC(NCC1(C)CCOCC1)c1ccc(NC(N)=O)cc1. The van der Waals surface area contributed by atoms with E-state index in [-0.39, 0.29) is 6.04 Å². The first-order chi connectivity index (χ1) is 9.98. The van der Waals surface area contributed by atoms with Crippen LogP contribution in [0.15, 0.2) is 24.3 Å². The molecule has 0 radical (unpaired) electrons. The molecule has 1 aliphatic rings. The van der Waals surface area contributed by atoms with Gasteiger partial charge < -0.3 is 21.1 Å². The van der Waals surface area contributed by atoms with Crippen LogP contribution in [-0.4, -0.2) is 25.8 Å². The first-order valence-corrected chi connectivity index (χ1v) is 7.46. The Kier molecular flexibility index (Phi) is 5.20. The summed E-state index contributed by atoms with van der Waals surface area (Å²) in [5.74, 6) is 0. The lowest BCUT2D eigenvalue weighted by Crippen LogP contribution is -2.37. The van der Waals surface area contributed by atoms with Crippen LogP contribution in [0.2, 0.25) is 0 Å². The van der Waals surface area contributed by atoms with E-state index in [1.165, 1.54) is 5.56 Å². The molecule has 1 aromatic carbocycles. The van der Waals surface area contributed by atoms with Crippen LogP contribution in [0.1, 0.15) is 38.3 Å². The van der Waals surface area contributed by atoms with Crippen molar-refractivity contribution >= 4 is 11.7 Å². The van der Waals surface area contributed by atoms with Crippen molar-refractivity contribution in [3.8, 4) is 0 Å². The summed E-state index contributed by atoms with van der Waals surface area (Å²) < 4.78 is 5.43. The van der Waals surface area contributed by atoms with Gasteiger partial charge in [-0.15, -0.1) is 0 Å². The zero-order chi connectivity index (χ0) is 15.3. The van der Waals surface area contributed by atoms with Gasteiger partial charge >= 0.3 is 6.03 Å². The van der Waals surface area contributed by atoms with Crippen LogP contribution >= 0.6 is 0 Å². The van der Waals surface area contributed by atoms with Crippen molar-refractivity contribution in [2.75, 3.05) is 25.1 Å². The normalized spacial score (nSPS) is 19.0. The maximum absolute atomic E-state index is 10.8. The molecule has 1 fully saturated rings. The first kappa shape index (κ1) is 15.8. The molecule has 0 aromatic heterocycles. The van der Waals surface area contributed by atoms with Crippen molar-refractivity contribution in [1.82, 2.24) is 5.32 Å². The van der Waals surface area contributed by atoms with Crippen LogP contribution in [0.4, 0.5) is 10.5 Å². The number of urea groups is 1. The summed E-state index contributed by atoms with van der Waals surface area (Å²) in [6, 6.07) is 7.49. The fourth-order valence-corrected chi connectivity index (χ4v) is 2.56. The van der Waals surface area contributed by atoms with Gasteiger partial charge in [0.15, 0.2) is 0 Å². The number of benzene rings is 1. The molecule has 5 heteroatoms. The predicted octanol–water partition coefficient (Wildman–Crippen LogP) is 2.64. The molecule has 0 saturated carbocycles. The third kappa shape index (κ3) is 4.72. The van der Waals surface area contributed by atoms with Crippen molar-refractivity contribution in [3.05, 3.63) is 29.8 Å². The number of carbonyl (C=O) groups is 1. The highest BCUT2D eigenvalue weighted by Crippen LogP contribution is 2.29. The summed E-state index contributed by atoms with van der Waals surface area (Å²) in [5, 5.41) is 6.17. The number of nitrogens with one attached hydrogen (secondary N) is 2. The van der Waals surface area contributed by atoms with Crippen LogP contribution in [-0.2, 0) is 4.74 Å². The van der Waals surface area contributed by atoms with E-state index in [1.54, 1.807) is 0 Å². The van der Waals surface area contributed by atoms with E-state index in [1.807, 2.05) is 24.3 Å². The van der Waals surface area contributed by atoms with Gasteiger partial charge in [-0.3, -0.25) is 0 Å². The van der Waals surface area contributed by atoms with Crippen molar-refractivity contribution < 1.29 is 9.53 Å². The monoisotopic (exact) mass is 291 g/mol. The van der Waals surface area contributed by atoms with Crippen molar-refractivity contribution in [2.45, 2.75) is 32.7 Å². The van der Waals surface area contributed by atoms with E-state index < -0.39 is 6.03 Å². The standard InChI is InChI=1S/C16H25N3O2/c1-12(18-11-16(2)7-9-21-10-8-16)13-3-5-14(6-4-13)19-15(17)20/h3-6,12,18H,7-11H2,1-2H3,(H3,17,19,20). The number of carbonyl (C=O) groups excluding carboxylic acids is 1. The van der Waals surface area contributed by atoms with Gasteiger partial charge in [0.2, 0.25) is 0 Å². The molecule has 1 atom stereocenters. The average molecular weight is 291 g/mol. The minimum Gasteiger partial charge on any atom is -0.381 e. The highest BCUT2D eigenvalue weighted by molar-refractivity contribution is 5.87. The van der Waals surface area contributed by atoms with Crippen LogP contribution in [0, 0.1) is 5.41 Å². The molecule has 0 aliphatic carbocycles. The Labute approximate surface area is 126 Å². The van der Waals surface area contributed by atoms with Crippen LogP contribution in [0.25, 0.3) is 0 Å². The van der Waals surface area contributed by atoms with Gasteiger partial charge in [-0.05, 0) is 42.9 Å². The number of nitrogens with two attached hydrogens (primary N) is 1. The Hall–Kier alpha value is -1.59. The number of hydrogen-bond donors (Lipinski definition) is 3. The van der Waals surface area contributed by atoms with Crippen molar-refractivity contribution in [3.63, 3.8) is 0 Å². The lowest BCUT2D eigenvalue weighted by molar-refractivity contribution is 0.0231. The first-order valence-electron chi connectivity index (χ1n) is 7.46. The number of anilines is 1. The molecule has 1 unspecified atom stereocenters. The van der Waals surface area contributed by atoms with E-state index in [9.17, 15) is 4.79 Å². The molecule has 4 N–H and O–H groups in total. The molecule has 116 valence electrons. The van der Waals surface area contributed by atoms with Gasteiger partial charge in [-0.25, -0.2) is 4.79 Å². The molecule has 0 bridgehead atoms. The largest absolute Gasteiger partial charge is 0.381 e. The molecule has 1 aromatic rings. The summed E-state index contributed by atoms with van der Waals surface area (Å²) in [5.41, 5.74) is 7.33. The molecule has 5 nitrogen and oxygen atoms in total. The number of hydrogen-bond acceptors (Lipinski definition) is 3. The molecule has 2 amide bonds. The van der Waals surface area contributed by atoms with Crippen LogP contribution in [0.5, 0.6) is 0 Å². The number of amides is 2. The number of ether oxygens (including phenoxy) is 1. The lowest BCUT2D eigenvalue weighted by atomic mass is 9.82. The highest BCUT2D eigenvalue weighted by atomic mass is 16.5. The number of rotatable bonds is 5. The van der Waals surface area contributed by atoms with Gasteiger partial charge in [0.05, 0.1) is 0 Å². The summed E-state index contributed by atoms with van der Waals surface area (Å²) >= 11 is 0. The summed E-state index contributed by atoms with van der Waals surface area (Å²) in [7, 11) is 0. The van der Waals surface area contributed by atoms with Crippen molar-refractivity contribution in [2.24, 2.45) is 11.1 Å². The molecule has 21 heavy (non-hydrogen) atoms. The smallest absolute Gasteiger partial charge is 0.316 e. The zero-order valence-corrected chi connectivity index (χ0v) is 12.8. The Morgan fingerprint density at radius 1 is 1.33 bits per heavy atom. The van der Waals surface area contributed by atoms with Gasteiger partial charge in [0.25, 0.3) is 0 Å². The van der Waals surface area contributed by atoms with E-state index >= 15 is 0 Å². The second-order valence-electron chi connectivity index (χ2n) is 6.14. The van der Waals surface area contributed by atoms with Gasteiger partial charge in [0.1, 0.15) is 0 Å². The highest BCUT2D eigenvalue weighted by Gasteiger charge is 2.27. The van der Waals surface area contributed by atoms with Crippen molar-refractivity contribution in [1.29, 1.82) is 0 Å². The van der Waals surface area contributed by atoms with Crippen LogP contribution in [0.3, 0.4) is 0 Å². The Balaban J connectivity index is 1.87. The maximum atomic E-state index is 10.8. The zero-order valence-electron chi connectivity index (χ0n) is 12.8. The molecule has 0 spiro atoms. The van der Waals surface area contributed by atoms with E-state index in [0.29, 0.717) is 5.41 Å². The van der Waals surface area contributed by atoms with E-state index in [0.717, 1.165) is 38.3 Å². The topological polar surface area (TPSA) is 76.4 Å². The summed E-state index contributed by atoms with van der Waals surface area (Å²) in [6.45, 7) is 7.17. The predicted molar refractivity (Wildman–Crippen MR) is 84.2 cm³/mol. The minimum atomic E-state index is -0.540. The molecule has 1 heterocycles. The fourth-order valence-electron chi connectivity index (χ4n) is 2.56. The van der Waals surface area contributed by atoms with Gasteiger partial charge in [-0.2, -0.15) is 0 Å². The summed E-state index contributed by atoms with van der Waals surface area (Å²) in [6.07, 6.45) is 2.21. The molecular formula is C16H25N3O2. The lowest BCUT2D eigenvalue weighted by Gasteiger charge is -2.34. The maximum Gasteiger partial charge on any atom is 0.316 e. The van der Waals surface area contributed by atoms with Crippen LogP contribution < -0.4 is 16.4 Å². The molecule has 1 saturated heterocycles.